The van der Waals surface area contributed by atoms with Gasteiger partial charge in [-0.15, -0.1) is 0 Å². The summed E-state index contributed by atoms with van der Waals surface area (Å²) in [5.74, 6) is -6.38. The quantitative estimate of drug-likeness (QED) is 0.0314. The molecule has 2 aromatic carbocycles. The van der Waals surface area contributed by atoms with E-state index in [2.05, 4.69) is 31.6 Å². The van der Waals surface area contributed by atoms with Gasteiger partial charge in [0.2, 0.25) is 53.2 Å². The number of aromatic amines is 1. The number of nitrogens with two attached hydrogens (primary N) is 3. The number of carbonyl (C=O) groups excluding carboxylic acids is 10. The Kier molecular flexibility index (Phi) is 21.1. The zero-order valence-corrected chi connectivity index (χ0v) is 46.1. The molecule has 81 heavy (non-hydrogen) atoms. The molecule has 5 heterocycles. The topological polar surface area (TPSA) is 371 Å². The summed E-state index contributed by atoms with van der Waals surface area (Å²) in [6.07, 6.45) is 4.17. The van der Waals surface area contributed by atoms with Crippen LogP contribution in [0.3, 0.4) is 0 Å². The highest BCUT2D eigenvalue weighted by Gasteiger charge is 2.46. The monoisotopic (exact) mass is 1120 g/mol. The lowest BCUT2D eigenvalue weighted by Crippen LogP contribution is -2.60. The van der Waals surface area contributed by atoms with E-state index in [1.165, 1.54) is 19.6 Å². The van der Waals surface area contributed by atoms with E-state index in [4.69, 9.17) is 27.3 Å². The maximum atomic E-state index is 14.8. The highest BCUT2D eigenvalue weighted by atomic mass is 16.5. The summed E-state index contributed by atoms with van der Waals surface area (Å²) < 4.78 is 5.53. The minimum atomic E-state index is -1.40. The zero-order valence-electron chi connectivity index (χ0n) is 46.1. The fraction of sp³-hybridized carbons (Fsp3) is 0.554. The van der Waals surface area contributed by atoms with E-state index in [1.54, 1.807) is 25.3 Å². The van der Waals surface area contributed by atoms with Crippen LogP contribution >= 0.6 is 0 Å². The lowest BCUT2D eigenvalue weighted by Gasteiger charge is -2.34. The van der Waals surface area contributed by atoms with Crippen LogP contribution in [0.2, 0.25) is 0 Å². The van der Waals surface area contributed by atoms with Gasteiger partial charge in [0.1, 0.15) is 54.9 Å². The molecule has 4 saturated heterocycles. The summed E-state index contributed by atoms with van der Waals surface area (Å²) in [4.78, 5) is 148. The summed E-state index contributed by atoms with van der Waals surface area (Å²) in [5, 5.41) is 22.3. The molecule has 9 unspecified atom stereocenters. The van der Waals surface area contributed by atoms with E-state index in [-0.39, 0.29) is 83.7 Å². The van der Waals surface area contributed by atoms with Crippen LogP contribution < -0.4 is 43.8 Å². The molecule has 10 amide bonds. The molecule has 0 spiro atoms. The van der Waals surface area contributed by atoms with Crippen molar-refractivity contribution in [1.29, 1.82) is 5.41 Å². The molecule has 0 saturated carbocycles. The van der Waals surface area contributed by atoms with Crippen LogP contribution in [0.1, 0.15) is 108 Å². The zero-order chi connectivity index (χ0) is 58.3. The number of hydrogen-bond donors (Lipinski definition) is 10. The number of likely N-dealkylation sites (tertiary alicyclic amines) is 4. The first kappa shape index (κ1) is 60.4. The van der Waals surface area contributed by atoms with Gasteiger partial charge in [-0.1, -0.05) is 68.8 Å². The van der Waals surface area contributed by atoms with E-state index >= 15 is 0 Å². The fourth-order valence-corrected chi connectivity index (χ4v) is 11.4. The Labute approximate surface area is 470 Å². The number of carbonyl (C=O) groups is 10. The Bertz CT molecular complexity index is 2790. The number of primary amides is 2. The van der Waals surface area contributed by atoms with E-state index in [1.807, 2.05) is 49.4 Å². The number of aromatic nitrogens is 1. The van der Waals surface area contributed by atoms with Crippen molar-refractivity contribution in [2.45, 2.75) is 159 Å². The normalized spacial score (nSPS) is 20.6. The fourth-order valence-electron chi connectivity index (χ4n) is 11.4. The molecule has 4 aliphatic rings. The number of benzene rings is 2. The number of alkyl carbamates (subject to hydrolysis) is 1. The second kappa shape index (κ2) is 28.3. The molecule has 1 aromatic heterocycles. The number of para-hydroxylation sites is 1. The third-order valence-corrected chi connectivity index (χ3v) is 16.0. The molecular weight excluding hydrogens is 1040 g/mol. The van der Waals surface area contributed by atoms with Gasteiger partial charge in [0, 0.05) is 62.7 Å². The lowest BCUT2D eigenvalue weighted by molar-refractivity contribution is -0.148. The van der Waals surface area contributed by atoms with Gasteiger partial charge in [-0.2, -0.15) is 0 Å². The van der Waals surface area contributed by atoms with Gasteiger partial charge in [0.15, 0.2) is 5.96 Å². The van der Waals surface area contributed by atoms with Gasteiger partial charge < -0.3 is 73.1 Å². The number of rotatable bonds is 25. The molecular formula is C56H78N14O11. The molecule has 25 nitrogen and oxygen atoms in total. The van der Waals surface area contributed by atoms with Gasteiger partial charge in [-0.05, 0) is 93.7 Å². The third kappa shape index (κ3) is 15.4. The highest BCUT2D eigenvalue weighted by molar-refractivity contribution is 5.99. The molecule has 4 fully saturated rings. The Balaban J connectivity index is 1.05. The Hall–Kier alpha value is -8.25. The number of amides is 10. The number of guanidine groups is 1. The molecule has 3 aromatic rings. The van der Waals surface area contributed by atoms with E-state index < -0.39 is 114 Å². The van der Waals surface area contributed by atoms with Crippen molar-refractivity contribution in [3.8, 4) is 0 Å². The Morgan fingerprint density at radius 3 is 1.85 bits per heavy atom. The number of nitrogens with zero attached hydrogens (tertiary/aromatic N) is 4. The largest absolute Gasteiger partial charge is 0.445 e. The molecule has 0 bridgehead atoms. The smallest absolute Gasteiger partial charge is 0.408 e. The summed E-state index contributed by atoms with van der Waals surface area (Å²) >= 11 is 0. The van der Waals surface area contributed by atoms with E-state index in [0.29, 0.717) is 51.5 Å². The first-order valence-electron chi connectivity index (χ1n) is 28.2. The number of hydrogen-bond acceptors (Lipinski definition) is 12. The van der Waals surface area contributed by atoms with Crippen LogP contribution in [-0.4, -0.2) is 171 Å². The first-order valence-corrected chi connectivity index (χ1v) is 28.2. The SMILES string of the molecule is CCC(C)C(NC(=O)C(CCC(N)=O)NC(=O)C1CCCN1C(=O)C(CCCNC(=N)N)NC(=O)C1CCCN1C(=O)C(Cc1c[nH]c2ccccc12)NC(=O)OCc1ccccc1)C(=O)N1CCCC1C(=O)N1CCCC1C(N)=O. The van der Waals surface area contributed by atoms with Crippen molar-refractivity contribution in [2.75, 3.05) is 32.7 Å². The number of fused-ring (bicyclic) bond motifs is 1. The van der Waals surface area contributed by atoms with Crippen LogP contribution in [0.15, 0.2) is 60.8 Å². The second-order valence-corrected chi connectivity index (χ2v) is 21.5. The van der Waals surface area contributed by atoms with Crippen LogP contribution in [-0.2, 0) is 60.9 Å². The number of ether oxygens (including phenoxy) is 1. The summed E-state index contributed by atoms with van der Waals surface area (Å²) in [5.41, 5.74) is 19.0. The summed E-state index contributed by atoms with van der Waals surface area (Å²) in [6, 6.07) is 7.73. The maximum Gasteiger partial charge on any atom is 0.408 e. The molecule has 4 aliphatic heterocycles. The summed E-state index contributed by atoms with van der Waals surface area (Å²) in [7, 11) is 0. The lowest BCUT2D eigenvalue weighted by atomic mass is 9.96. The van der Waals surface area contributed by atoms with Crippen molar-refractivity contribution in [3.05, 3.63) is 71.9 Å². The Morgan fingerprint density at radius 2 is 1.23 bits per heavy atom. The Morgan fingerprint density at radius 1 is 0.667 bits per heavy atom. The van der Waals surface area contributed by atoms with Crippen LogP contribution in [0, 0.1) is 11.3 Å². The van der Waals surface area contributed by atoms with Gasteiger partial charge in [-0.3, -0.25) is 48.6 Å². The van der Waals surface area contributed by atoms with Gasteiger partial charge in [0.25, 0.3) is 0 Å². The number of nitrogens with one attached hydrogen (secondary N) is 7. The van der Waals surface area contributed by atoms with E-state index in [0.717, 1.165) is 22.0 Å². The van der Waals surface area contributed by atoms with Crippen LogP contribution in [0.25, 0.3) is 10.9 Å². The number of H-pyrrole nitrogens is 1. The van der Waals surface area contributed by atoms with Crippen molar-refractivity contribution < 1.29 is 52.7 Å². The molecule has 0 aliphatic carbocycles. The first-order chi connectivity index (χ1) is 38.9. The van der Waals surface area contributed by atoms with Crippen LogP contribution in [0.5, 0.6) is 0 Å². The van der Waals surface area contributed by atoms with Gasteiger partial charge in [-0.25, -0.2) is 4.79 Å². The van der Waals surface area contributed by atoms with Crippen molar-refractivity contribution in [2.24, 2.45) is 23.1 Å². The highest BCUT2D eigenvalue weighted by Crippen LogP contribution is 2.28. The molecule has 438 valence electrons. The second-order valence-electron chi connectivity index (χ2n) is 21.5. The molecule has 9 atom stereocenters. The van der Waals surface area contributed by atoms with Crippen LogP contribution in [0.4, 0.5) is 4.79 Å². The van der Waals surface area contributed by atoms with Crippen molar-refractivity contribution >= 4 is 76.1 Å². The standard InChI is InChI=1S/C56H78N14O11/c1-3-33(2)46(54(79)70-29-13-22-44(70)53(78)67-26-10-19-41(67)47(58)72)66-48(73)38(23-24-45(57)71)63-49(74)42-20-11-27-68(42)51(76)39(18-9-25-61-55(59)60)64-50(75)43-21-12-28-69(43)52(77)40(30-35-31-62-37-17-8-7-16-36(35)37)65-56(80)81-32-34-14-5-4-6-15-34/h4-8,14-17,31,33,38-44,46,62H,3,9-13,18-30,32H2,1-2H3,(H2,57,71)(H2,58,72)(H,63,74)(H,64,75)(H,65,80)(H,66,73)(H4,59,60,61). The molecule has 13 N–H and O–H groups in total. The maximum absolute atomic E-state index is 14.8. The molecule has 7 rings (SSSR count). The predicted molar refractivity (Wildman–Crippen MR) is 297 cm³/mol. The van der Waals surface area contributed by atoms with Gasteiger partial charge >= 0.3 is 6.09 Å². The van der Waals surface area contributed by atoms with Crippen molar-refractivity contribution in [1.82, 2.24) is 51.2 Å². The average molecular weight is 1120 g/mol. The predicted octanol–water partition coefficient (Wildman–Crippen LogP) is 0.484. The average Bonchev–Trinajstić information content (AvgIpc) is 4.54. The minimum Gasteiger partial charge on any atom is -0.445 e. The molecule has 0 radical (unpaired) electrons. The minimum absolute atomic E-state index is 0.0241. The van der Waals surface area contributed by atoms with E-state index in [9.17, 15) is 47.9 Å². The van der Waals surface area contributed by atoms with Crippen molar-refractivity contribution in [3.63, 3.8) is 0 Å². The molecule has 25 heteroatoms. The third-order valence-electron chi connectivity index (χ3n) is 16.0. The van der Waals surface area contributed by atoms with Gasteiger partial charge in [0.05, 0.1) is 0 Å². The summed E-state index contributed by atoms with van der Waals surface area (Å²) in [6.45, 7) is 4.52.